The molecule has 0 saturated carbocycles. The molecule has 0 aromatic heterocycles. The van der Waals surface area contributed by atoms with Crippen LogP contribution < -0.4 is 0 Å². The van der Waals surface area contributed by atoms with Crippen molar-refractivity contribution in [3.05, 3.63) is 0 Å². The Morgan fingerprint density at radius 1 is 1.90 bits per heavy atom. The van der Waals surface area contributed by atoms with Gasteiger partial charge in [-0.05, 0) is 6.42 Å². The Balaban J connectivity index is 2.36. The van der Waals surface area contributed by atoms with Gasteiger partial charge in [0.05, 0.1) is 19.1 Å². The van der Waals surface area contributed by atoms with Crippen LogP contribution in [0.1, 0.15) is 19.8 Å². The molecule has 0 aromatic rings. The van der Waals surface area contributed by atoms with Gasteiger partial charge in [-0.25, -0.2) is 0 Å². The third-order valence-electron chi connectivity index (χ3n) is 1.85. The van der Waals surface area contributed by atoms with Crippen LogP contribution in [-0.4, -0.2) is 23.8 Å². The summed E-state index contributed by atoms with van der Waals surface area (Å²) in [6.45, 7) is 2.29. The lowest BCUT2D eigenvalue weighted by atomic mass is 10.00. The molecule has 1 rings (SSSR count). The third-order valence-corrected chi connectivity index (χ3v) is 1.85. The van der Waals surface area contributed by atoms with Gasteiger partial charge in [-0.15, -0.1) is 0 Å². The molecule has 0 aliphatic carbocycles. The highest BCUT2D eigenvalue weighted by Crippen LogP contribution is 2.19. The Morgan fingerprint density at radius 2 is 2.60 bits per heavy atom. The number of carbonyl (C=O) groups excluding carboxylic acids is 1. The number of ether oxygens (including phenoxy) is 1. The van der Waals surface area contributed by atoms with Gasteiger partial charge in [-0.3, -0.25) is 4.79 Å². The Hall–Kier alpha value is -0.570. The molecule has 1 fully saturated rings. The molecule has 0 amide bonds. The summed E-state index contributed by atoms with van der Waals surface area (Å²) in [4.78, 5) is 10.5. The molecule has 3 heteroatoms. The van der Waals surface area contributed by atoms with Crippen molar-refractivity contribution in [1.82, 2.24) is 0 Å². The molecule has 1 N–H and O–H groups in total. The van der Waals surface area contributed by atoms with Crippen molar-refractivity contribution in [2.75, 3.05) is 6.61 Å². The highest BCUT2D eigenvalue weighted by Gasteiger charge is 2.28. The molecule has 0 radical (unpaired) electrons. The summed E-state index contributed by atoms with van der Waals surface area (Å²) in [5.41, 5.74) is 0. The number of hydrogen-bond acceptors (Lipinski definition) is 3. The normalized spacial score (nSPS) is 28.2. The van der Waals surface area contributed by atoms with E-state index in [4.69, 9.17) is 0 Å². The number of carbonyl (C=O) groups is 1. The first-order valence-corrected chi connectivity index (χ1v) is 3.57. The van der Waals surface area contributed by atoms with Crippen molar-refractivity contribution in [2.24, 2.45) is 5.92 Å². The van der Waals surface area contributed by atoms with Crippen molar-refractivity contribution in [3.63, 3.8) is 0 Å². The van der Waals surface area contributed by atoms with Crippen LogP contribution in [0.25, 0.3) is 0 Å². The summed E-state index contributed by atoms with van der Waals surface area (Å²) in [6.07, 6.45) is 0.711. The molecular weight excluding hydrogens is 132 g/mol. The van der Waals surface area contributed by atoms with Crippen molar-refractivity contribution in [3.8, 4) is 0 Å². The second-order valence-electron chi connectivity index (χ2n) is 2.62. The Kier molecular flexibility index (Phi) is 2.27. The van der Waals surface area contributed by atoms with Crippen LogP contribution in [-0.2, 0) is 9.53 Å². The Bertz CT molecular complexity index is 133. The zero-order valence-corrected chi connectivity index (χ0v) is 6.04. The van der Waals surface area contributed by atoms with Gasteiger partial charge in [0.25, 0.3) is 0 Å². The van der Waals surface area contributed by atoms with Crippen molar-refractivity contribution in [2.45, 2.75) is 25.9 Å². The van der Waals surface area contributed by atoms with Crippen LogP contribution in [0.15, 0.2) is 0 Å². The van der Waals surface area contributed by atoms with Crippen LogP contribution in [0, 0.1) is 5.92 Å². The number of cyclic esters (lactones) is 1. The van der Waals surface area contributed by atoms with Crippen molar-refractivity contribution < 1.29 is 14.6 Å². The number of aliphatic hydroxyl groups is 1. The molecule has 2 unspecified atom stereocenters. The first kappa shape index (κ1) is 7.54. The number of esters is 1. The fourth-order valence-corrected chi connectivity index (χ4v) is 1.11. The minimum atomic E-state index is -0.369. The van der Waals surface area contributed by atoms with E-state index in [1.807, 2.05) is 6.92 Å². The van der Waals surface area contributed by atoms with E-state index in [9.17, 15) is 9.90 Å². The lowest BCUT2D eigenvalue weighted by Gasteiger charge is -2.11. The predicted octanol–water partition coefficient (Wildman–Crippen LogP) is 0.320. The van der Waals surface area contributed by atoms with Gasteiger partial charge in [-0.1, -0.05) is 6.92 Å². The first-order chi connectivity index (χ1) is 4.74. The lowest BCUT2D eigenvalue weighted by Crippen LogP contribution is -2.19. The zero-order valence-electron chi connectivity index (χ0n) is 6.04. The van der Waals surface area contributed by atoms with E-state index in [0.717, 1.165) is 0 Å². The highest BCUT2D eigenvalue weighted by molar-refractivity contribution is 5.71. The average Bonchev–Trinajstić information content (AvgIpc) is 2.34. The predicted molar refractivity (Wildman–Crippen MR) is 35.4 cm³/mol. The summed E-state index contributed by atoms with van der Waals surface area (Å²) >= 11 is 0. The fraction of sp³-hybridized carbons (Fsp3) is 0.857. The smallest absolute Gasteiger partial charge is 0.306 e. The van der Waals surface area contributed by atoms with Gasteiger partial charge in [0.15, 0.2) is 0 Å². The molecule has 1 aliphatic heterocycles. The van der Waals surface area contributed by atoms with Gasteiger partial charge in [0.1, 0.15) is 0 Å². The summed E-state index contributed by atoms with van der Waals surface area (Å²) < 4.78 is 4.69. The molecule has 0 spiro atoms. The molecule has 2 atom stereocenters. The van der Waals surface area contributed by atoms with Crippen LogP contribution in [0.4, 0.5) is 0 Å². The molecule has 1 heterocycles. The lowest BCUT2D eigenvalue weighted by molar-refractivity contribution is -0.137. The van der Waals surface area contributed by atoms with Gasteiger partial charge < -0.3 is 9.84 Å². The SMILES string of the molecule is CCC(O)C1COC(=O)C1. The summed E-state index contributed by atoms with van der Waals surface area (Å²) in [5.74, 6) is -0.144. The Morgan fingerprint density at radius 3 is 3.00 bits per heavy atom. The topological polar surface area (TPSA) is 46.5 Å². The maximum Gasteiger partial charge on any atom is 0.306 e. The van der Waals surface area contributed by atoms with E-state index in [1.165, 1.54) is 0 Å². The van der Waals surface area contributed by atoms with Gasteiger partial charge >= 0.3 is 5.97 Å². The van der Waals surface area contributed by atoms with Crippen molar-refractivity contribution in [1.29, 1.82) is 0 Å². The second kappa shape index (κ2) is 3.01. The van der Waals surface area contributed by atoms with Crippen LogP contribution in [0.3, 0.4) is 0 Å². The van der Waals surface area contributed by atoms with Gasteiger partial charge in [-0.2, -0.15) is 0 Å². The second-order valence-corrected chi connectivity index (χ2v) is 2.62. The van der Waals surface area contributed by atoms with Crippen LogP contribution in [0.5, 0.6) is 0 Å². The van der Waals surface area contributed by atoms with Gasteiger partial charge in [0, 0.05) is 5.92 Å². The standard InChI is InChI=1S/C7H12O3/c1-2-6(8)5-3-7(9)10-4-5/h5-6,8H,2-4H2,1H3. The van der Waals surface area contributed by atoms with E-state index in [2.05, 4.69) is 4.74 Å². The maximum atomic E-state index is 10.5. The molecule has 58 valence electrons. The van der Waals surface area contributed by atoms with Crippen LogP contribution >= 0.6 is 0 Å². The molecule has 1 saturated heterocycles. The number of rotatable bonds is 2. The van der Waals surface area contributed by atoms with E-state index >= 15 is 0 Å². The average molecular weight is 144 g/mol. The largest absolute Gasteiger partial charge is 0.465 e. The van der Waals surface area contributed by atoms with E-state index in [-0.39, 0.29) is 18.0 Å². The van der Waals surface area contributed by atoms with Crippen LogP contribution in [0.2, 0.25) is 0 Å². The summed E-state index contributed by atoms with van der Waals surface area (Å²) in [6, 6.07) is 0. The summed E-state index contributed by atoms with van der Waals surface area (Å²) in [5, 5.41) is 9.24. The highest BCUT2D eigenvalue weighted by atomic mass is 16.5. The van der Waals surface area contributed by atoms with Crippen molar-refractivity contribution >= 4 is 5.97 Å². The van der Waals surface area contributed by atoms with E-state index < -0.39 is 0 Å². The molecule has 0 bridgehead atoms. The summed E-state index contributed by atoms with van der Waals surface area (Å²) in [7, 11) is 0. The number of aliphatic hydroxyl groups excluding tert-OH is 1. The number of hydrogen-bond donors (Lipinski definition) is 1. The quantitative estimate of drug-likeness (QED) is 0.568. The molecule has 1 aliphatic rings. The minimum absolute atomic E-state index is 0.0394. The third kappa shape index (κ3) is 1.48. The Labute approximate surface area is 60.0 Å². The minimum Gasteiger partial charge on any atom is -0.465 e. The molecular formula is C7H12O3. The fourth-order valence-electron chi connectivity index (χ4n) is 1.11. The van der Waals surface area contributed by atoms with E-state index in [1.54, 1.807) is 0 Å². The van der Waals surface area contributed by atoms with E-state index in [0.29, 0.717) is 19.4 Å². The first-order valence-electron chi connectivity index (χ1n) is 3.57. The monoisotopic (exact) mass is 144 g/mol. The molecule has 10 heavy (non-hydrogen) atoms. The maximum absolute atomic E-state index is 10.5. The molecule has 3 nitrogen and oxygen atoms in total. The zero-order chi connectivity index (χ0) is 7.56. The molecule has 0 aromatic carbocycles. The van der Waals surface area contributed by atoms with Gasteiger partial charge in [0.2, 0.25) is 0 Å².